The van der Waals surface area contributed by atoms with Crippen LogP contribution in [0.1, 0.15) is 71.2 Å². The summed E-state index contributed by atoms with van der Waals surface area (Å²) in [6.45, 7) is 0. The van der Waals surface area contributed by atoms with E-state index in [2.05, 4.69) is 0 Å². The summed E-state index contributed by atoms with van der Waals surface area (Å²) in [4.78, 5) is 37.4. The summed E-state index contributed by atoms with van der Waals surface area (Å²) in [6, 6.07) is 3.23. The number of hydrogen-bond donors (Lipinski definition) is 0. The fourth-order valence-corrected chi connectivity index (χ4v) is 3.53. The zero-order chi connectivity index (χ0) is 18.2. The average Bonchev–Trinajstić information content (AvgIpc) is 2.56. The molecule has 0 radical (unpaired) electrons. The van der Waals surface area contributed by atoms with Crippen LogP contribution in [0.3, 0.4) is 0 Å². The first kappa shape index (κ1) is 17.6. The van der Waals surface area contributed by atoms with E-state index in [1.165, 1.54) is 6.07 Å². The van der Waals surface area contributed by atoms with E-state index in [1.807, 2.05) is 0 Å². The van der Waals surface area contributed by atoms with Crippen molar-refractivity contribution in [2.75, 3.05) is 0 Å². The predicted octanol–water partition coefficient (Wildman–Crippen LogP) is 4.69. The Labute approximate surface area is 142 Å². The Bertz CT molecular complexity index is 788. The van der Waals surface area contributed by atoms with E-state index in [0.29, 0.717) is 25.7 Å². The van der Waals surface area contributed by atoms with Gasteiger partial charge in [0.1, 0.15) is 5.78 Å². The number of rotatable bonds is 0. The molecule has 0 N–H and O–H groups in total. The number of hydrogen-bond acceptors (Lipinski definition) is 3. The van der Waals surface area contributed by atoms with Gasteiger partial charge in [-0.25, -0.2) is 0 Å². The molecule has 0 saturated carbocycles. The van der Waals surface area contributed by atoms with E-state index in [1.54, 1.807) is 0 Å². The van der Waals surface area contributed by atoms with Crippen LogP contribution in [0.5, 0.6) is 0 Å². The first-order valence-electron chi connectivity index (χ1n) is 8.34. The SMILES string of the molecule is O=C1CCCCCC2=C(CC1)C(=O)c1cccc(C(F)(F)F)c1C2=O. The highest BCUT2D eigenvalue weighted by atomic mass is 19.4. The van der Waals surface area contributed by atoms with Crippen LogP contribution in [-0.2, 0) is 11.0 Å². The minimum atomic E-state index is -4.70. The molecular formula is C19H17F3O3. The molecule has 0 fully saturated rings. The van der Waals surface area contributed by atoms with Gasteiger partial charge in [-0.05, 0) is 31.7 Å². The number of carbonyl (C=O) groups is 3. The third kappa shape index (κ3) is 3.30. The van der Waals surface area contributed by atoms with Crippen molar-refractivity contribution in [3.8, 4) is 0 Å². The molecule has 0 bridgehead atoms. The molecule has 3 nitrogen and oxygen atoms in total. The number of ketones is 3. The van der Waals surface area contributed by atoms with Crippen molar-refractivity contribution in [2.24, 2.45) is 0 Å². The number of Topliss-reactive ketones (excluding diaryl/α,β-unsaturated/α-hetero) is 3. The Kier molecular flexibility index (Phi) is 4.62. The maximum atomic E-state index is 13.3. The summed E-state index contributed by atoms with van der Waals surface area (Å²) in [5, 5.41) is 0. The molecule has 0 aliphatic heterocycles. The van der Waals surface area contributed by atoms with Crippen molar-refractivity contribution < 1.29 is 27.6 Å². The van der Waals surface area contributed by atoms with E-state index in [-0.39, 0.29) is 41.8 Å². The summed E-state index contributed by atoms with van der Waals surface area (Å²) in [5.74, 6) is -1.25. The summed E-state index contributed by atoms with van der Waals surface area (Å²) in [7, 11) is 0. The van der Waals surface area contributed by atoms with Crippen LogP contribution in [0.25, 0.3) is 0 Å². The zero-order valence-electron chi connectivity index (χ0n) is 13.5. The Morgan fingerprint density at radius 3 is 2.16 bits per heavy atom. The lowest BCUT2D eigenvalue weighted by atomic mass is 9.78. The lowest BCUT2D eigenvalue weighted by Gasteiger charge is -2.24. The highest BCUT2D eigenvalue weighted by molar-refractivity contribution is 6.27. The molecule has 1 aromatic rings. The van der Waals surface area contributed by atoms with Gasteiger partial charge in [-0.15, -0.1) is 0 Å². The van der Waals surface area contributed by atoms with Crippen molar-refractivity contribution in [2.45, 2.75) is 51.1 Å². The van der Waals surface area contributed by atoms with Gasteiger partial charge in [0, 0.05) is 35.1 Å². The molecule has 0 atom stereocenters. The fourth-order valence-electron chi connectivity index (χ4n) is 3.53. The largest absolute Gasteiger partial charge is 0.417 e. The maximum absolute atomic E-state index is 13.3. The number of carbonyl (C=O) groups excluding carboxylic acids is 3. The maximum Gasteiger partial charge on any atom is 0.417 e. The monoisotopic (exact) mass is 350 g/mol. The van der Waals surface area contributed by atoms with Crippen molar-refractivity contribution in [3.05, 3.63) is 46.0 Å². The topological polar surface area (TPSA) is 51.2 Å². The molecule has 6 heteroatoms. The van der Waals surface area contributed by atoms with Crippen molar-refractivity contribution in [1.29, 1.82) is 0 Å². The Morgan fingerprint density at radius 2 is 1.44 bits per heavy atom. The van der Waals surface area contributed by atoms with Gasteiger partial charge in [-0.1, -0.05) is 18.6 Å². The van der Waals surface area contributed by atoms with Gasteiger partial charge in [-0.3, -0.25) is 14.4 Å². The van der Waals surface area contributed by atoms with E-state index >= 15 is 0 Å². The summed E-state index contributed by atoms with van der Waals surface area (Å²) in [5.41, 5.74) is -1.44. The first-order valence-corrected chi connectivity index (χ1v) is 8.34. The van der Waals surface area contributed by atoms with Gasteiger partial charge in [0.05, 0.1) is 5.56 Å². The van der Waals surface area contributed by atoms with Gasteiger partial charge in [0.25, 0.3) is 0 Å². The standard InChI is InChI=1S/C19H17F3O3/c20-19(21,22)15-8-4-7-14-16(15)18(25)12-6-3-1-2-5-11(23)9-10-13(12)17(14)24/h4,7-8H,1-3,5-6,9-10H2. The number of halogens is 3. The van der Waals surface area contributed by atoms with Crippen LogP contribution >= 0.6 is 0 Å². The second kappa shape index (κ2) is 6.58. The second-order valence-corrected chi connectivity index (χ2v) is 6.44. The van der Waals surface area contributed by atoms with E-state index < -0.39 is 28.9 Å². The van der Waals surface area contributed by atoms with Gasteiger partial charge < -0.3 is 0 Å². The van der Waals surface area contributed by atoms with Crippen LogP contribution in [0.4, 0.5) is 13.2 Å². The molecule has 0 aromatic heterocycles. The van der Waals surface area contributed by atoms with Gasteiger partial charge in [0.15, 0.2) is 11.6 Å². The fraction of sp³-hybridized carbons (Fsp3) is 0.421. The number of benzene rings is 1. The third-order valence-electron chi connectivity index (χ3n) is 4.79. The van der Waals surface area contributed by atoms with Crippen molar-refractivity contribution in [3.63, 3.8) is 0 Å². The molecule has 1 aromatic carbocycles. The normalized spacial score (nSPS) is 19.6. The van der Waals surface area contributed by atoms with Gasteiger partial charge in [-0.2, -0.15) is 13.2 Å². The van der Waals surface area contributed by atoms with Gasteiger partial charge >= 0.3 is 6.18 Å². The van der Waals surface area contributed by atoms with Gasteiger partial charge in [0.2, 0.25) is 0 Å². The zero-order valence-corrected chi connectivity index (χ0v) is 13.5. The van der Waals surface area contributed by atoms with E-state index in [0.717, 1.165) is 12.1 Å². The molecular weight excluding hydrogens is 333 g/mol. The lowest BCUT2D eigenvalue weighted by molar-refractivity contribution is -0.137. The Morgan fingerprint density at radius 1 is 0.760 bits per heavy atom. The molecule has 0 amide bonds. The molecule has 132 valence electrons. The summed E-state index contributed by atoms with van der Waals surface area (Å²) >= 11 is 0. The molecule has 0 heterocycles. The summed E-state index contributed by atoms with van der Waals surface area (Å²) in [6.07, 6.45) is -1.73. The van der Waals surface area contributed by atoms with Crippen LogP contribution < -0.4 is 0 Å². The summed E-state index contributed by atoms with van der Waals surface area (Å²) < 4.78 is 39.9. The second-order valence-electron chi connectivity index (χ2n) is 6.44. The molecule has 3 rings (SSSR count). The van der Waals surface area contributed by atoms with Crippen molar-refractivity contribution in [1.82, 2.24) is 0 Å². The van der Waals surface area contributed by atoms with E-state index in [9.17, 15) is 27.6 Å². The average molecular weight is 350 g/mol. The van der Waals surface area contributed by atoms with E-state index in [4.69, 9.17) is 0 Å². The molecule has 25 heavy (non-hydrogen) atoms. The number of alkyl halides is 3. The number of allylic oxidation sites excluding steroid dienone is 2. The quantitative estimate of drug-likeness (QED) is 0.682. The first-order chi connectivity index (χ1) is 11.8. The Balaban J connectivity index is 2.12. The smallest absolute Gasteiger partial charge is 0.300 e. The Hall–Kier alpha value is -2.24. The van der Waals surface area contributed by atoms with Crippen LogP contribution in [0.2, 0.25) is 0 Å². The number of fused-ring (bicyclic) bond motifs is 1. The molecule has 2 aliphatic carbocycles. The van der Waals surface area contributed by atoms with Crippen LogP contribution in [0.15, 0.2) is 29.3 Å². The minimum absolute atomic E-state index is 0.0174. The van der Waals surface area contributed by atoms with Crippen LogP contribution in [-0.4, -0.2) is 17.3 Å². The molecule has 0 saturated heterocycles. The van der Waals surface area contributed by atoms with Crippen LogP contribution in [0, 0.1) is 0 Å². The molecule has 0 spiro atoms. The minimum Gasteiger partial charge on any atom is -0.300 e. The third-order valence-corrected chi connectivity index (χ3v) is 4.79. The highest BCUT2D eigenvalue weighted by Gasteiger charge is 2.41. The van der Waals surface area contributed by atoms with Crippen molar-refractivity contribution >= 4 is 17.3 Å². The lowest BCUT2D eigenvalue weighted by Crippen LogP contribution is -2.26. The molecule has 0 unspecified atom stereocenters. The highest BCUT2D eigenvalue weighted by Crippen LogP contribution is 2.39. The molecule has 2 aliphatic rings. The predicted molar refractivity (Wildman–Crippen MR) is 84.5 cm³/mol.